The van der Waals surface area contributed by atoms with Gasteiger partial charge in [0.2, 0.25) is 0 Å². The molecular formula is C9H17O4S. The predicted octanol–water partition coefficient (Wildman–Crippen LogP) is 0.823. The summed E-state index contributed by atoms with van der Waals surface area (Å²) < 4.78 is 26.7. The summed E-state index contributed by atoms with van der Waals surface area (Å²) in [6.07, 6.45) is 1.07. The van der Waals surface area contributed by atoms with Crippen LogP contribution in [-0.4, -0.2) is 32.5 Å². The van der Waals surface area contributed by atoms with E-state index in [0.717, 1.165) is 6.26 Å². The lowest BCUT2D eigenvalue weighted by molar-refractivity contribution is -0.152. The molecule has 83 valence electrons. The number of ether oxygens (including phenoxy) is 1. The number of hydrogen-bond donors (Lipinski definition) is 0. The fourth-order valence-electron chi connectivity index (χ4n) is 0.509. The summed E-state index contributed by atoms with van der Waals surface area (Å²) in [4.78, 5) is 11.3. The molecule has 0 aromatic carbocycles. The number of sulfone groups is 1. The van der Waals surface area contributed by atoms with Crippen LogP contribution in [0, 0.1) is 12.3 Å². The molecule has 0 spiro atoms. The quantitative estimate of drug-likeness (QED) is 0.662. The number of carbonyl (C=O) groups excluding carboxylic acids is 1. The third-order valence-electron chi connectivity index (χ3n) is 1.62. The molecule has 0 rings (SSSR count). The molecule has 1 atom stereocenters. The zero-order valence-corrected chi connectivity index (χ0v) is 9.85. The van der Waals surface area contributed by atoms with Gasteiger partial charge in [0.15, 0.2) is 9.84 Å². The van der Waals surface area contributed by atoms with Crippen molar-refractivity contribution in [1.29, 1.82) is 0 Å². The second-order valence-corrected chi connectivity index (χ2v) is 6.63. The van der Waals surface area contributed by atoms with E-state index < -0.39 is 26.5 Å². The van der Waals surface area contributed by atoms with E-state index in [9.17, 15) is 13.2 Å². The van der Waals surface area contributed by atoms with Crippen LogP contribution >= 0.6 is 0 Å². The van der Waals surface area contributed by atoms with Gasteiger partial charge in [-0.05, 0) is 27.7 Å². The topological polar surface area (TPSA) is 60.4 Å². The van der Waals surface area contributed by atoms with Gasteiger partial charge >= 0.3 is 5.97 Å². The van der Waals surface area contributed by atoms with E-state index in [4.69, 9.17) is 4.74 Å². The number of rotatable bonds is 3. The highest BCUT2D eigenvalue weighted by Crippen LogP contribution is 2.15. The van der Waals surface area contributed by atoms with Crippen LogP contribution in [0.1, 0.15) is 20.8 Å². The Hall–Kier alpha value is -0.580. The Kier molecular flexibility index (Phi) is 4.12. The van der Waals surface area contributed by atoms with Gasteiger partial charge in [0, 0.05) is 6.26 Å². The monoisotopic (exact) mass is 221 g/mol. The van der Waals surface area contributed by atoms with Crippen LogP contribution in [0.4, 0.5) is 0 Å². The summed E-state index contributed by atoms with van der Waals surface area (Å²) in [5, 5.41) is -0.895. The Morgan fingerprint density at radius 2 is 1.86 bits per heavy atom. The highest BCUT2D eigenvalue weighted by Gasteiger charge is 2.25. The van der Waals surface area contributed by atoms with Crippen LogP contribution < -0.4 is 0 Å². The molecule has 0 bridgehead atoms. The van der Waals surface area contributed by atoms with Crippen molar-refractivity contribution in [2.45, 2.75) is 26.0 Å². The van der Waals surface area contributed by atoms with E-state index in [2.05, 4.69) is 6.92 Å². The Labute approximate surface area is 85.6 Å². The van der Waals surface area contributed by atoms with E-state index in [1.54, 1.807) is 20.8 Å². The molecule has 0 saturated heterocycles. The second kappa shape index (κ2) is 4.29. The molecule has 4 nitrogen and oxygen atoms in total. The summed E-state index contributed by atoms with van der Waals surface area (Å²) in [6.45, 7) is 8.32. The van der Waals surface area contributed by atoms with Crippen molar-refractivity contribution < 1.29 is 17.9 Å². The molecule has 1 radical (unpaired) electrons. The van der Waals surface area contributed by atoms with Crippen molar-refractivity contribution in [3.8, 4) is 0 Å². The molecule has 0 heterocycles. The Morgan fingerprint density at radius 1 is 1.43 bits per heavy atom. The molecule has 0 amide bonds. The number of esters is 1. The molecule has 0 saturated carbocycles. The van der Waals surface area contributed by atoms with Crippen LogP contribution in [0.2, 0.25) is 0 Å². The van der Waals surface area contributed by atoms with Gasteiger partial charge in [-0.2, -0.15) is 0 Å². The van der Waals surface area contributed by atoms with E-state index in [-0.39, 0.29) is 6.61 Å². The fraction of sp³-hybridized carbons (Fsp3) is 0.778. The van der Waals surface area contributed by atoms with Crippen LogP contribution in [0.5, 0.6) is 0 Å². The summed E-state index contributed by atoms with van der Waals surface area (Å²) in [6, 6.07) is 0. The largest absolute Gasteiger partial charge is 0.464 e. The van der Waals surface area contributed by atoms with Crippen molar-refractivity contribution in [3.63, 3.8) is 0 Å². The van der Waals surface area contributed by atoms with Gasteiger partial charge < -0.3 is 4.74 Å². The third kappa shape index (κ3) is 4.60. The molecule has 14 heavy (non-hydrogen) atoms. The fourth-order valence-corrected chi connectivity index (χ4v) is 0.824. The zero-order chi connectivity index (χ0) is 11.6. The number of carbonyl (C=O) groups is 1. The molecule has 0 aliphatic heterocycles. The average molecular weight is 221 g/mol. The minimum atomic E-state index is -3.23. The first-order valence-electron chi connectivity index (χ1n) is 4.24. The summed E-state index contributed by atoms with van der Waals surface area (Å²) in [5.74, 6) is -0.421. The highest BCUT2D eigenvalue weighted by molar-refractivity contribution is 7.91. The molecule has 0 aromatic rings. The molecule has 1 unspecified atom stereocenters. The highest BCUT2D eigenvalue weighted by atomic mass is 32.2. The van der Waals surface area contributed by atoms with Gasteiger partial charge in [-0.25, -0.2) is 8.42 Å². The maximum atomic E-state index is 11.3. The molecule has 0 aliphatic carbocycles. The smallest absolute Gasteiger partial charge is 0.311 e. The van der Waals surface area contributed by atoms with Crippen molar-refractivity contribution in [1.82, 2.24) is 0 Å². The first-order valence-corrected chi connectivity index (χ1v) is 6.20. The van der Waals surface area contributed by atoms with Crippen molar-refractivity contribution in [2.24, 2.45) is 5.41 Å². The van der Waals surface area contributed by atoms with E-state index in [1.807, 2.05) is 0 Å². The lowest BCUT2D eigenvalue weighted by Gasteiger charge is -2.18. The number of hydrogen-bond acceptors (Lipinski definition) is 4. The van der Waals surface area contributed by atoms with Crippen molar-refractivity contribution in [3.05, 3.63) is 6.92 Å². The Bertz CT molecular complexity index is 297. The van der Waals surface area contributed by atoms with Gasteiger partial charge in [0.05, 0.1) is 10.7 Å². The first-order chi connectivity index (χ1) is 6.05. The van der Waals surface area contributed by atoms with E-state index >= 15 is 0 Å². The van der Waals surface area contributed by atoms with Crippen molar-refractivity contribution >= 4 is 15.8 Å². The normalized spacial score (nSPS) is 14.9. The van der Waals surface area contributed by atoms with E-state index in [0.29, 0.717) is 0 Å². The molecule has 0 N–H and O–H groups in total. The van der Waals surface area contributed by atoms with Crippen LogP contribution in [0.3, 0.4) is 0 Å². The maximum absolute atomic E-state index is 11.3. The summed E-state index contributed by atoms with van der Waals surface area (Å²) >= 11 is 0. The second-order valence-electron chi connectivity index (χ2n) is 4.30. The summed E-state index contributed by atoms with van der Waals surface area (Å²) in [5.41, 5.74) is -0.614. The third-order valence-corrected chi connectivity index (χ3v) is 2.97. The standard InChI is InChI=1S/C9H17O4S/c1-7(14(5,11)12)6-13-8(10)9(2,3)4/h7H,1,6H2,2-5H3. The van der Waals surface area contributed by atoms with Gasteiger partial charge in [-0.15, -0.1) is 0 Å². The molecule has 0 aromatic heterocycles. The van der Waals surface area contributed by atoms with E-state index in [1.165, 1.54) is 0 Å². The van der Waals surface area contributed by atoms with Gasteiger partial charge in [-0.3, -0.25) is 4.79 Å². The SMILES string of the molecule is [CH2]C(COC(=O)C(C)(C)C)S(C)(=O)=O. The lowest BCUT2D eigenvalue weighted by Crippen LogP contribution is -2.29. The predicted molar refractivity (Wildman–Crippen MR) is 54.4 cm³/mol. The molecule has 0 aliphatic rings. The maximum Gasteiger partial charge on any atom is 0.311 e. The minimum absolute atomic E-state index is 0.186. The van der Waals surface area contributed by atoms with Crippen LogP contribution in [-0.2, 0) is 19.4 Å². The average Bonchev–Trinajstić information content (AvgIpc) is 1.95. The first kappa shape index (κ1) is 13.4. The molecule has 5 heteroatoms. The zero-order valence-electron chi connectivity index (χ0n) is 9.03. The Balaban J connectivity index is 4.16. The van der Waals surface area contributed by atoms with Gasteiger partial charge in [0.25, 0.3) is 0 Å². The summed E-state index contributed by atoms with van der Waals surface area (Å²) in [7, 11) is -3.23. The van der Waals surface area contributed by atoms with Crippen LogP contribution in [0.25, 0.3) is 0 Å². The molecular weight excluding hydrogens is 204 g/mol. The van der Waals surface area contributed by atoms with Crippen molar-refractivity contribution in [2.75, 3.05) is 12.9 Å². The lowest BCUT2D eigenvalue weighted by atomic mass is 9.97. The minimum Gasteiger partial charge on any atom is -0.464 e. The van der Waals surface area contributed by atoms with Gasteiger partial charge in [0.1, 0.15) is 6.61 Å². The molecule has 0 fully saturated rings. The van der Waals surface area contributed by atoms with Crippen LogP contribution in [0.15, 0.2) is 0 Å². The Morgan fingerprint density at radius 3 is 2.14 bits per heavy atom. The van der Waals surface area contributed by atoms with Gasteiger partial charge in [-0.1, -0.05) is 0 Å².